The van der Waals surface area contributed by atoms with Gasteiger partial charge in [-0.3, -0.25) is 5.10 Å². The zero-order chi connectivity index (χ0) is 12.6. The zero-order valence-electron chi connectivity index (χ0n) is 8.44. The maximum Gasteiger partial charge on any atom is 0.339 e. The van der Waals surface area contributed by atoms with Crippen molar-refractivity contribution < 1.29 is 19.4 Å². The highest BCUT2D eigenvalue weighted by atomic mass is 19.1. The van der Waals surface area contributed by atoms with Crippen LogP contribution in [0.15, 0.2) is 18.2 Å². The number of aromatic hydroxyl groups is 1. The van der Waals surface area contributed by atoms with Crippen LogP contribution in [0.2, 0.25) is 0 Å². The molecule has 5 N–H and O–H groups in total. The fourth-order valence-corrected chi connectivity index (χ4v) is 1.40. The van der Waals surface area contributed by atoms with E-state index in [2.05, 4.69) is 10.2 Å². The standard InChI is InChI=1S/C10H8FN3O3/c11-6-2-4(7-3-8(12)14-13-7)1-5(9(6)15)10(16)17/h1-3,15H,(H,16,17)(H3,12,13,14). The Morgan fingerprint density at radius 3 is 2.65 bits per heavy atom. The van der Waals surface area contributed by atoms with Crippen LogP contribution in [0.3, 0.4) is 0 Å². The second-order valence-corrected chi connectivity index (χ2v) is 3.37. The van der Waals surface area contributed by atoms with E-state index in [9.17, 15) is 14.3 Å². The summed E-state index contributed by atoms with van der Waals surface area (Å²) in [6.07, 6.45) is 0. The molecule has 1 aromatic heterocycles. The number of benzene rings is 1. The summed E-state index contributed by atoms with van der Waals surface area (Å²) in [6, 6.07) is 3.56. The second kappa shape index (κ2) is 3.78. The van der Waals surface area contributed by atoms with Crippen LogP contribution in [0.4, 0.5) is 10.2 Å². The molecule has 2 aromatic rings. The monoisotopic (exact) mass is 237 g/mol. The van der Waals surface area contributed by atoms with E-state index in [1.54, 1.807) is 0 Å². The number of carboxylic acids is 1. The van der Waals surface area contributed by atoms with Gasteiger partial charge in [-0.2, -0.15) is 5.10 Å². The number of nitrogen functional groups attached to an aromatic ring is 1. The molecule has 1 heterocycles. The highest BCUT2D eigenvalue weighted by molar-refractivity contribution is 5.92. The molecule has 0 aliphatic rings. The van der Waals surface area contributed by atoms with Gasteiger partial charge >= 0.3 is 5.97 Å². The Morgan fingerprint density at radius 1 is 1.41 bits per heavy atom. The third kappa shape index (κ3) is 1.89. The van der Waals surface area contributed by atoms with Gasteiger partial charge in [0.05, 0.1) is 5.69 Å². The van der Waals surface area contributed by atoms with Crippen molar-refractivity contribution in [2.75, 3.05) is 5.73 Å². The Bertz CT molecular complexity index is 594. The lowest BCUT2D eigenvalue weighted by atomic mass is 10.1. The van der Waals surface area contributed by atoms with Crippen LogP contribution in [0, 0.1) is 5.82 Å². The van der Waals surface area contributed by atoms with Gasteiger partial charge in [-0.25, -0.2) is 9.18 Å². The smallest absolute Gasteiger partial charge is 0.339 e. The molecular formula is C10H8FN3O3. The molecule has 88 valence electrons. The van der Waals surface area contributed by atoms with E-state index in [-0.39, 0.29) is 11.4 Å². The number of aromatic nitrogens is 2. The van der Waals surface area contributed by atoms with Crippen molar-refractivity contribution in [1.82, 2.24) is 10.2 Å². The lowest BCUT2D eigenvalue weighted by Gasteiger charge is -2.04. The molecule has 0 bridgehead atoms. The summed E-state index contributed by atoms with van der Waals surface area (Å²) in [5.41, 5.74) is 5.46. The van der Waals surface area contributed by atoms with Crippen molar-refractivity contribution in [3.8, 4) is 17.0 Å². The summed E-state index contributed by atoms with van der Waals surface area (Å²) in [5, 5.41) is 24.2. The van der Waals surface area contributed by atoms with E-state index in [1.165, 1.54) is 6.07 Å². The van der Waals surface area contributed by atoms with E-state index < -0.39 is 23.1 Å². The van der Waals surface area contributed by atoms with E-state index in [0.29, 0.717) is 5.69 Å². The number of nitrogens with two attached hydrogens (primary N) is 1. The normalized spacial score (nSPS) is 10.4. The van der Waals surface area contributed by atoms with Gasteiger partial charge < -0.3 is 15.9 Å². The minimum Gasteiger partial charge on any atom is -0.504 e. The SMILES string of the molecule is Nc1cc(-c2cc(F)c(O)c(C(=O)O)c2)[nH]n1. The van der Waals surface area contributed by atoms with Gasteiger partial charge in [0.1, 0.15) is 11.4 Å². The molecule has 0 atom stereocenters. The van der Waals surface area contributed by atoms with Crippen LogP contribution in [-0.2, 0) is 0 Å². The van der Waals surface area contributed by atoms with Crippen molar-refractivity contribution in [1.29, 1.82) is 0 Å². The van der Waals surface area contributed by atoms with Crippen LogP contribution in [0.1, 0.15) is 10.4 Å². The predicted molar refractivity (Wildman–Crippen MR) is 57.0 cm³/mol. The Kier molecular flexibility index (Phi) is 2.43. The maximum absolute atomic E-state index is 13.3. The average molecular weight is 237 g/mol. The summed E-state index contributed by atoms with van der Waals surface area (Å²) in [7, 11) is 0. The third-order valence-electron chi connectivity index (χ3n) is 2.20. The largest absolute Gasteiger partial charge is 0.504 e. The summed E-state index contributed by atoms with van der Waals surface area (Å²) < 4.78 is 13.3. The molecule has 0 aliphatic carbocycles. The van der Waals surface area contributed by atoms with Gasteiger partial charge in [-0.1, -0.05) is 0 Å². The van der Waals surface area contributed by atoms with Crippen LogP contribution in [0.5, 0.6) is 5.75 Å². The Labute approximate surface area is 94.5 Å². The van der Waals surface area contributed by atoms with Gasteiger partial charge in [0.15, 0.2) is 11.6 Å². The molecule has 1 aromatic carbocycles. The number of aromatic amines is 1. The summed E-state index contributed by atoms with van der Waals surface area (Å²) in [5.74, 6) is -3.14. The molecule has 0 fully saturated rings. The molecule has 0 radical (unpaired) electrons. The first-order valence-electron chi connectivity index (χ1n) is 4.56. The Balaban J connectivity index is 2.60. The number of H-pyrrole nitrogens is 1. The van der Waals surface area contributed by atoms with E-state index >= 15 is 0 Å². The quantitative estimate of drug-likeness (QED) is 0.627. The molecule has 7 heteroatoms. The van der Waals surface area contributed by atoms with E-state index in [0.717, 1.165) is 12.1 Å². The number of halogens is 1. The van der Waals surface area contributed by atoms with Crippen molar-refractivity contribution in [2.45, 2.75) is 0 Å². The number of carboxylic acid groups (broad SMARTS) is 1. The Morgan fingerprint density at radius 2 is 2.12 bits per heavy atom. The number of hydrogen-bond donors (Lipinski definition) is 4. The first kappa shape index (κ1) is 10.9. The molecule has 17 heavy (non-hydrogen) atoms. The van der Waals surface area contributed by atoms with Gasteiger partial charge in [0.2, 0.25) is 0 Å². The first-order valence-corrected chi connectivity index (χ1v) is 4.56. The summed E-state index contributed by atoms with van der Waals surface area (Å²) >= 11 is 0. The Hall–Kier alpha value is -2.57. The minimum atomic E-state index is -1.42. The number of anilines is 1. The lowest BCUT2D eigenvalue weighted by molar-refractivity contribution is 0.0693. The van der Waals surface area contributed by atoms with Crippen LogP contribution in [0.25, 0.3) is 11.3 Å². The van der Waals surface area contributed by atoms with Crippen molar-refractivity contribution >= 4 is 11.8 Å². The highest BCUT2D eigenvalue weighted by Gasteiger charge is 2.17. The predicted octanol–water partition coefficient (Wildman–Crippen LogP) is 1.20. The van der Waals surface area contributed by atoms with E-state index in [4.69, 9.17) is 10.8 Å². The molecule has 6 nitrogen and oxygen atoms in total. The number of hydrogen-bond acceptors (Lipinski definition) is 4. The van der Waals surface area contributed by atoms with Gasteiger partial charge in [0, 0.05) is 11.6 Å². The minimum absolute atomic E-state index is 0.199. The molecule has 0 saturated heterocycles. The highest BCUT2D eigenvalue weighted by Crippen LogP contribution is 2.28. The number of nitrogens with zero attached hydrogens (tertiary/aromatic N) is 1. The second-order valence-electron chi connectivity index (χ2n) is 3.37. The lowest BCUT2D eigenvalue weighted by Crippen LogP contribution is -1.99. The van der Waals surface area contributed by atoms with Gasteiger partial charge in [-0.15, -0.1) is 0 Å². The molecule has 2 rings (SSSR count). The maximum atomic E-state index is 13.3. The van der Waals surface area contributed by atoms with Gasteiger partial charge in [0.25, 0.3) is 0 Å². The zero-order valence-corrected chi connectivity index (χ0v) is 8.44. The fraction of sp³-hybridized carbons (Fsp3) is 0. The van der Waals surface area contributed by atoms with Crippen LogP contribution >= 0.6 is 0 Å². The van der Waals surface area contributed by atoms with Crippen LogP contribution in [-0.4, -0.2) is 26.4 Å². The summed E-state index contributed by atoms with van der Waals surface area (Å²) in [4.78, 5) is 10.8. The molecule has 0 amide bonds. The molecule has 0 aliphatic heterocycles. The fourth-order valence-electron chi connectivity index (χ4n) is 1.40. The topological polar surface area (TPSA) is 112 Å². The van der Waals surface area contributed by atoms with E-state index in [1.807, 2.05) is 0 Å². The number of rotatable bonds is 2. The number of carbonyl (C=O) groups is 1. The summed E-state index contributed by atoms with van der Waals surface area (Å²) in [6.45, 7) is 0. The molecule has 0 saturated carbocycles. The molecule has 0 spiro atoms. The molecule has 0 unspecified atom stereocenters. The third-order valence-corrected chi connectivity index (χ3v) is 2.20. The van der Waals surface area contributed by atoms with Crippen molar-refractivity contribution in [2.24, 2.45) is 0 Å². The van der Waals surface area contributed by atoms with Crippen molar-refractivity contribution in [3.63, 3.8) is 0 Å². The van der Waals surface area contributed by atoms with Gasteiger partial charge in [-0.05, 0) is 12.1 Å². The number of nitrogens with one attached hydrogen (secondary N) is 1. The number of phenols is 1. The number of aromatic carboxylic acids is 1. The average Bonchev–Trinajstić information content (AvgIpc) is 2.68. The van der Waals surface area contributed by atoms with Crippen molar-refractivity contribution in [3.05, 3.63) is 29.6 Å². The first-order chi connectivity index (χ1) is 7.99. The molecular weight excluding hydrogens is 229 g/mol. The van der Waals surface area contributed by atoms with Crippen LogP contribution < -0.4 is 5.73 Å².